The molecule has 0 unspecified atom stereocenters. The Kier molecular flexibility index (Phi) is 4.53. The van der Waals surface area contributed by atoms with Gasteiger partial charge in [0.1, 0.15) is 4.99 Å². The van der Waals surface area contributed by atoms with Crippen molar-refractivity contribution in [3.63, 3.8) is 0 Å². The minimum atomic E-state index is 0.296. The number of nitrogens with one attached hydrogen (secondary N) is 1. The summed E-state index contributed by atoms with van der Waals surface area (Å²) in [5.41, 5.74) is 7.53. The normalized spacial score (nSPS) is 10.3. The van der Waals surface area contributed by atoms with Crippen molar-refractivity contribution >= 4 is 63.4 Å². The van der Waals surface area contributed by atoms with E-state index in [2.05, 4.69) is 5.32 Å². The first-order valence-corrected chi connectivity index (χ1v) is 6.83. The van der Waals surface area contributed by atoms with Gasteiger partial charge in [-0.25, -0.2) is 0 Å². The Bertz CT molecular complexity index is 624. The summed E-state index contributed by atoms with van der Waals surface area (Å²) in [4.78, 5) is 0.296. The van der Waals surface area contributed by atoms with E-state index < -0.39 is 0 Å². The molecule has 0 aliphatic rings. The third-order valence-electron chi connectivity index (χ3n) is 2.48. The molecule has 6 heteroatoms. The van der Waals surface area contributed by atoms with Crippen LogP contribution >= 0.6 is 47.0 Å². The van der Waals surface area contributed by atoms with Crippen LogP contribution in [-0.2, 0) is 0 Å². The molecule has 0 saturated heterocycles. The van der Waals surface area contributed by atoms with Gasteiger partial charge in [0.05, 0.1) is 26.4 Å². The molecule has 3 N–H and O–H groups in total. The fraction of sp³-hybridized carbons (Fsp3) is 0. The van der Waals surface area contributed by atoms with E-state index in [0.29, 0.717) is 37.0 Å². The van der Waals surface area contributed by atoms with Gasteiger partial charge in [-0.15, -0.1) is 0 Å². The third kappa shape index (κ3) is 3.31. The molecular weight excluding hydrogens is 323 g/mol. The number of anilines is 2. The average molecular weight is 332 g/mol. The van der Waals surface area contributed by atoms with Gasteiger partial charge < -0.3 is 11.1 Å². The summed E-state index contributed by atoms with van der Waals surface area (Å²) < 4.78 is 0. The van der Waals surface area contributed by atoms with Crippen molar-refractivity contribution in [2.75, 3.05) is 5.32 Å². The topological polar surface area (TPSA) is 38.0 Å². The minimum absolute atomic E-state index is 0.296. The summed E-state index contributed by atoms with van der Waals surface area (Å²) in [5, 5.41) is 4.61. The van der Waals surface area contributed by atoms with Crippen molar-refractivity contribution in [3.8, 4) is 0 Å². The van der Waals surface area contributed by atoms with Gasteiger partial charge in [0.15, 0.2) is 0 Å². The largest absolute Gasteiger partial charge is 0.389 e. The number of halogens is 3. The van der Waals surface area contributed by atoms with Crippen LogP contribution in [0.2, 0.25) is 15.1 Å². The van der Waals surface area contributed by atoms with Gasteiger partial charge in [-0.05, 0) is 30.3 Å². The zero-order valence-corrected chi connectivity index (χ0v) is 12.7. The molecule has 0 aliphatic heterocycles. The highest BCUT2D eigenvalue weighted by Crippen LogP contribution is 2.35. The van der Waals surface area contributed by atoms with E-state index in [9.17, 15) is 0 Å². The highest BCUT2D eigenvalue weighted by atomic mass is 35.5. The number of hydrogen-bond acceptors (Lipinski definition) is 2. The molecule has 2 aromatic rings. The molecule has 0 amide bonds. The number of nitrogens with two attached hydrogens (primary N) is 1. The van der Waals surface area contributed by atoms with Crippen LogP contribution < -0.4 is 11.1 Å². The third-order valence-corrected chi connectivity index (χ3v) is 3.65. The smallest absolute Gasteiger partial charge is 0.104 e. The first kappa shape index (κ1) is 14.4. The molecule has 0 spiro atoms. The lowest BCUT2D eigenvalue weighted by atomic mass is 10.2. The summed E-state index contributed by atoms with van der Waals surface area (Å²) in [6.07, 6.45) is 0. The van der Waals surface area contributed by atoms with Crippen LogP contribution in [0.5, 0.6) is 0 Å². The SMILES string of the molecule is NC(=S)c1ccc(Nc2c(Cl)cccc2Cl)c(Cl)c1. The molecule has 0 fully saturated rings. The second-order valence-corrected chi connectivity index (χ2v) is 5.44. The quantitative estimate of drug-likeness (QED) is 0.775. The van der Waals surface area contributed by atoms with E-state index in [1.807, 2.05) is 0 Å². The molecule has 2 aromatic carbocycles. The Balaban J connectivity index is 2.36. The lowest BCUT2D eigenvalue weighted by Gasteiger charge is -2.12. The molecule has 2 nitrogen and oxygen atoms in total. The van der Waals surface area contributed by atoms with Gasteiger partial charge in [-0.1, -0.05) is 53.1 Å². The molecule has 0 aromatic heterocycles. The molecule has 0 aliphatic carbocycles. The molecule has 19 heavy (non-hydrogen) atoms. The fourth-order valence-electron chi connectivity index (χ4n) is 1.52. The number of rotatable bonds is 3. The molecule has 0 atom stereocenters. The second-order valence-electron chi connectivity index (χ2n) is 3.78. The monoisotopic (exact) mass is 330 g/mol. The van der Waals surface area contributed by atoms with Crippen molar-refractivity contribution < 1.29 is 0 Å². The standard InChI is InChI=1S/C13H9Cl3N2S/c14-8-2-1-3-9(15)12(8)18-11-5-4-7(13(17)19)6-10(11)16/h1-6,18H,(H2,17,19). The van der Waals surface area contributed by atoms with Crippen LogP contribution in [0.4, 0.5) is 11.4 Å². The van der Waals surface area contributed by atoms with Crippen molar-refractivity contribution in [3.05, 3.63) is 57.0 Å². The van der Waals surface area contributed by atoms with Crippen LogP contribution in [0.15, 0.2) is 36.4 Å². The van der Waals surface area contributed by atoms with Gasteiger partial charge in [0.25, 0.3) is 0 Å². The van der Waals surface area contributed by atoms with Gasteiger partial charge >= 0.3 is 0 Å². The molecule has 0 radical (unpaired) electrons. The molecule has 0 bridgehead atoms. The number of para-hydroxylation sites is 1. The fourth-order valence-corrected chi connectivity index (χ4v) is 2.37. The van der Waals surface area contributed by atoms with E-state index >= 15 is 0 Å². The Labute approximate surface area is 131 Å². The first-order valence-electron chi connectivity index (χ1n) is 5.29. The molecular formula is C13H9Cl3N2S. The van der Waals surface area contributed by atoms with E-state index in [-0.39, 0.29) is 0 Å². The van der Waals surface area contributed by atoms with Crippen molar-refractivity contribution in [1.29, 1.82) is 0 Å². The second kappa shape index (κ2) is 5.97. The average Bonchev–Trinajstić information content (AvgIpc) is 2.35. The van der Waals surface area contributed by atoms with Gasteiger partial charge in [-0.3, -0.25) is 0 Å². The minimum Gasteiger partial charge on any atom is -0.389 e. The van der Waals surface area contributed by atoms with E-state index in [1.165, 1.54) is 0 Å². The van der Waals surface area contributed by atoms with E-state index in [0.717, 1.165) is 0 Å². The molecule has 98 valence electrons. The Hall–Kier alpha value is -1.000. The summed E-state index contributed by atoms with van der Waals surface area (Å²) in [7, 11) is 0. The van der Waals surface area contributed by atoms with Crippen LogP contribution in [0.25, 0.3) is 0 Å². The lowest BCUT2D eigenvalue weighted by molar-refractivity contribution is 1.53. The van der Waals surface area contributed by atoms with Crippen LogP contribution in [0, 0.1) is 0 Å². The van der Waals surface area contributed by atoms with Crippen molar-refractivity contribution in [2.45, 2.75) is 0 Å². The first-order chi connectivity index (χ1) is 8.99. The number of hydrogen-bond donors (Lipinski definition) is 2. The maximum atomic E-state index is 6.16. The predicted molar refractivity (Wildman–Crippen MR) is 87.1 cm³/mol. The number of benzene rings is 2. The maximum Gasteiger partial charge on any atom is 0.104 e. The Morgan fingerprint density at radius 2 is 1.63 bits per heavy atom. The summed E-state index contributed by atoms with van der Waals surface area (Å²) in [6.45, 7) is 0. The zero-order chi connectivity index (χ0) is 14.0. The van der Waals surface area contributed by atoms with Gasteiger partial charge in [0, 0.05) is 5.56 Å². The lowest BCUT2D eigenvalue weighted by Crippen LogP contribution is -2.09. The summed E-state index contributed by atoms with van der Waals surface area (Å²) in [5.74, 6) is 0. The van der Waals surface area contributed by atoms with Crippen LogP contribution in [0.3, 0.4) is 0 Å². The van der Waals surface area contributed by atoms with Crippen LogP contribution in [0.1, 0.15) is 5.56 Å². The van der Waals surface area contributed by atoms with Crippen molar-refractivity contribution in [2.24, 2.45) is 5.73 Å². The highest BCUT2D eigenvalue weighted by Gasteiger charge is 2.09. The van der Waals surface area contributed by atoms with E-state index in [1.54, 1.807) is 36.4 Å². The molecule has 0 heterocycles. The molecule has 0 saturated carbocycles. The summed E-state index contributed by atoms with van der Waals surface area (Å²) >= 11 is 23.2. The maximum absolute atomic E-state index is 6.16. The predicted octanol–water partition coefficient (Wildman–Crippen LogP) is 5.02. The summed E-state index contributed by atoms with van der Waals surface area (Å²) in [6, 6.07) is 10.5. The zero-order valence-electron chi connectivity index (χ0n) is 9.58. The molecule has 2 rings (SSSR count). The van der Waals surface area contributed by atoms with Gasteiger partial charge in [-0.2, -0.15) is 0 Å². The van der Waals surface area contributed by atoms with E-state index in [4.69, 9.17) is 52.8 Å². The van der Waals surface area contributed by atoms with Gasteiger partial charge in [0.2, 0.25) is 0 Å². The Morgan fingerprint density at radius 1 is 1.00 bits per heavy atom. The highest BCUT2D eigenvalue weighted by molar-refractivity contribution is 7.80. The van der Waals surface area contributed by atoms with Crippen molar-refractivity contribution in [1.82, 2.24) is 0 Å². The Morgan fingerprint density at radius 3 is 2.16 bits per heavy atom. The van der Waals surface area contributed by atoms with Crippen LogP contribution in [-0.4, -0.2) is 4.99 Å². The number of thiocarbonyl (C=S) groups is 1.